The number of imide groups is 1. The van der Waals surface area contributed by atoms with Crippen LogP contribution >= 0.6 is 0 Å². The number of nitrogens with one attached hydrogen (secondary N) is 1. The number of ether oxygens (including phenoxy) is 1. The van der Waals surface area contributed by atoms with Crippen molar-refractivity contribution in [3.8, 4) is 0 Å². The van der Waals surface area contributed by atoms with E-state index in [9.17, 15) is 9.59 Å². The summed E-state index contributed by atoms with van der Waals surface area (Å²) in [7, 11) is 4.11. The first kappa shape index (κ1) is 23.1. The zero-order chi connectivity index (χ0) is 22.7. The lowest BCUT2D eigenvalue weighted by Gasteiger charge is -2.41. The van der Waals surface area contributed by atoms with Crippen LogP contribution < -0.4 is 10.2 Å². The van der Waals surface area contributed by atoms with Crippen molar-refractivity contribution in [3.63, 3.8) is 0 Å². The van der Waals surface area contributed by atoms with Crippen molar-refractivity contribution >= 4 is 17.6 Å². The molecule has 1 aromatic carbocycles. The van der Waals surface area contributed by atoms with Gasteiger partial charge in [0.25, 0.3) is 5.91 Å². The standard InChI is InChI=1S/C25H38N4O3/c1-4-13-25(23(30)29(24(31)26-25)18-22-6-5-16-32-22)20-11-14-28(15-12-20)17-19-7-9-21(10-8-19)27(2)3/h7-10,20,22H,4-6,11-18H2,1-3H3,(H,26,31)/t22-,25+/m0/s1. The van der Waals surface area contributed by atoms with Gasteiger partial charge < -0.3 is 15.0 Å². The van der Waals surface area contributed by atoms with E-state index in [0.29, 0.717) is 13.0 Å². The zero-order valence-electron chi connectivity index (χ0n) is 19.8. The van der Waals surface area contributed by atoms with Crippen LogP contribution in [0.25, 0.3) is 0 Å². The Morgan fingerprint density at radius 2 is 1.84 bits per heavy atom. The molecule has 0 saturated carbocycles. The predicted molar refractivity (Wildman–Crippen MR) is 126 cm³/mol. The van der Waals surface area contributed by atoms with Gasteiger partial charge in [0.05, 0.1) is 12.6 Å². The highest BCUT2D eigenvalue weighted by Gasteiger charge is 2.55. The van der Waals surface area contributed by atoms with E-state index >= 15 is 0 Å². The predicted octanol–water partition coefficient (Wildman–Crippen LogP) is 3.23. The smallest absolute Gasteiger partial charge is 0.325 e. The third-order valence-electron chi connectivity index (χ3n) is 7.40. The summed E-state index contributed by atoms with van der Waals surface area (Å²) in [5, 5.41) is 3.15. The fourth-order valence-electron chi connectivity index (χ4n) is 5.59. The van der Waals surface area contributed by atoms with E-state index in [4.69, 9.17) is 4.74 Å². The van der Waals surface area contributed by atoms with Gasteiger partial charge in [-0.2, -0.15) is 0 Å². The molecule has 3 amide bonds. The number of likely N-dealkylation sites (tertiary alicyclic amines) is 1. The molecule has 7 nitrogen and oxygen atoms in total. The molecule has 0 bridgehead atoms. The summed E-state index contributed by atoms with van der Waals surface area (Å²) in [5.41, 5.74) is 1.77. The molecule has 2 atom stereocenters. The van der Waals surface area contributed by atoms with Gasteiger partial charge in [0.1, 0.15) is 5.54 Å². The maximum atomic E-state index is 13.5. The molecular weight excluding hydrogens is 404 g/mol. The third kappa shape index (κ3) is 4.64. The summed E-state index contributed by atoms with van der Waals surface area (Å²) >= 11 is 0. The molecule has 0 aromatic heterocycles. The number of amides is 3. The summed E-state index contributed by atoms with van der Waals surface area (Å²) in [6.45, 7) is 6.02. The zero-order valence-corrected chi connectivity index (χ0v) is 19.8. The highest BCUT2D eigenvalue weighted by molar-refractivity contribution is 6.07. The number of nitrogens with zero attached hydrogens (tertiary/aromatic N) is 3. The second-order valence-electron chi connectivity index (χ2n) is 9.81. The van der Waals surface area contributed by atoms with Crippen LogP contribution in [0.3, 0.4) is 0 Å². The first-order chi connectivity index (χ1) is 15.4. The van der Waals surface area contributed by atoms with E-state index in [1.165, 1.54) is 16.2 Å². The highest BCUT2D eigenvalue weighted by Crippen LogP contribution is 2.37. The Labute approximate surface area is 192 Å². The van der Waals surface area contributed by atoms with Crippen molar-refractivity contribution in [3.05, 3.63) is 29.8 Å². The Kier molecular flexibility index (Phi) is 7.05. The number of benzene rings is 1. The molecule has 3 aliphatic rings. The molecule has 176 valence electrons. The molecule has 7 heteroatoms. The molecule has 3 heterocycles. The maximum Gasteiger partial charge on any atom is 0.325 e. The molecule has 0 spiro atoms. The molecule has 3 aliphatic heterocycles. The molecule has 3 fully saturated rings. The van der Waals surface area contributed by atoms with Crippen LogP contribution in [-0.4, -0.2) is 73.7 Å². The molecular formula is C25H38N4O3. The fourth-order valence-corrected chi connectivity index (χ4v) is 5.59. The van der Waals surface area contributed by atoms with E-state index < -0.39 is 5.54 Å². The first-order valence-corrected chi connectivity index (χ1v) is 12.2. The van der Waals surface area contributed by atoms with Gasteiger partial charge in [-0.25, -0.2) is 4.79 Å². The van der Waals surface area contributed by atoms with Crippen molar-refractivity contribution in [1.29, 1.82) is 0 Å². The van der Waals surface area contributed by atoms with Gasteiger partial charge in [-0.15, -0.1) is 0 Å². The number of hydrogen-bond acceptors (Lipinski definition) is 5. The maximum absolute atomic E-state index is 13.5. The summed E-state index contributed by atoms with van der Waals surface area (Å²) in [6, 6.07) is 8.48. The van der Waals surface area contributed by atoms with Crippen LogP contribution in [0.2, 0.25) is 0 Å². The average molecular weight is 443 g/mol. The molecule has 4 rings (SSSR count). The van der Waals surface area contributed by atoms with E-state index in [-0.39, 0.29) is 24.0 Å². The number of hydrogen-bond donors (Lipinski definition) is 1. The van der Waals surface area contributed by atoms with E-state index in [0.717, 1.165) is 58.3 Å². The lowest BCUT2D eigenvalue weighted by atomic mass is 9.74. The minimum absolute atomic E-state index is 0.0112. The van der Waals surface area contributed by atoms with E-state index in [1.807, 2.05) is 0 Å². The number of carbonyl (C=O) groups excluding carboxylic acids is 2. The Morgan fingerprint density at radius 1 is 1.12 bits per heavy atom. The topological polar surface area (TPSA) is 65.1 Å². The minimum Gasteiger partial charge on any atom is -0.378 e. The summed E-state index contributed by atoms with van der Waals surface area (Å²) in [4.78, 5) is 32.4. The summed E-state index contributed by atoms with van der Waals surface area (Å²) in [6.07, 6.45) is 5.35. The highest BCUT2D eigenvalue weighted by atomic mass is 16.5. The number of rotatable bonds is 8. The van der Waals surface area contributed by atoms with Crippen LogP contribution in [0.1, 0.15) is 51.0 Å². The fraction of sp³-hybridized carbons (Fsp3) is 0.680. The van der Waals surface area contributed by atoms with Crippen LogP contribution in [0, 0.1) is 5.92 Å². The average Bonchev–Trinajstić information content (AvgIpc) is 3.38. The second kappa shape index (κ2) is 9.79. The van der Waals surface area contributed by atoms with Crippen LogP contribution in [0.4, 0.5) is 10.5 Å². The Hall–Kier alpha value is -2.12. The van der Waals surface area contributed by atoms with Gasteiger partial charge in [-0.1, -0.05) is 25.5 Å². The Balaban J connectivity index is 1.38. The summed E-state index contributed by atoms with van der Waals surface area (Å²) in [5.74, 6) is 0.151. The first-order valence-electron chi connectivity index (χ1n) is 12.2. The van der Waals surface area contributed by atoms with Crippen LogP contribution in [0.5, 0.6) is 0 Å². The second-order valence-corrected chi connectivity index (χ2v) is 9.81. The number of anilines is 1. The molecule has 32 heavy (non-hydrogen) atoms. The Bertz CT molecular complexity index is 798. The van der Waals surface area contributed by atoms with Gasteiger partial charge in [0.15, 0.2) is 0 Å². The SMILES string of the molecule is CCC[C@]1(C2CCN(Cc3ccc(N(C)C)cc3)CC2)NC(=O)N(C[C@@H]2CCCO2)C1=O. The van der Waals surface area contributed by atoms with Gasteiger partial charge in [0, 0.05) is 32.9 Å². The Morgan fingerprint density at radius 3 is 2.44 bits per heavy atom. The van der Waals surface area contributed by atoms with Crippen molar-refractivity contribution in [2.24, 2.45) is 5.92 Å². The lowest BCUT2D eigenvalue weighted by Crippen LogP contribution is -2.56. The van der Waals surface area contributed by atoms with Crippen molar-refractivity contribution in [2.75, 3.05) is 45.2 Å². The quantitative estimate of drug-likeness (QED) is 0.626. The largest absolute Gasteiger partial charge is 0.378 e. The van der Waals surface area contributed by atoms with Crippen LogP contribution in [0.15, 0.2) is 24.3 Å². The minimum atomic E-state index is -0.746. The molecule has 0 unspecified atom stereocenters. The summed E-state index contributed by atoms with van der Waals surface area (Å²) < 4.78 is 5.69. The number of piperidine rings is 1. The lowest BCUT2D eigenvalue weighted by molar-refractivity contribution is -0.135. The molecule has 3 saturated heterocycles. The van der Waals surface area contributed by atoms with Crippen molar-refractivity contribution < 1.29 is 14.3 Å². The third-order valence-corrected chi connectivity index (χ3v) is 7.40. The van der Waals surface area contributed by atoms with Crippen LogP contribution in [-0.2, 0) is 16.1 Å². The normalized spacial score (nSPS) is 27.2. The monoisotopic (exact) mass is 442 g/mol. The molecule has 0 aliphatic carbocycles. The molecule has 1 N–H and O–H groups in total. The van der Waals surface area contributed by atoms with Crippen molar-refractivity contribution in [1.82, 2.24) is 15.1 Å². The molecule has 1 aromatic rings. The number of carbonyl (C=O) groups is 2. The molecule has 0 radical (unpaired) electrons. The van der Waals surface area contributed by atoms with Gasteiger partial charge >= 0.3 is 6.03 Å². The van der Waals surface area contributed by atoms with Gasteiger partial charge in [-0.3, -0.25) is 14.6 Å². The van der Waals surface area contributed by atoms with E-state index in [2.05, 4.69) is 60.4 Å². The van der Waals surface area contributed by atoms with Crippen molar-refractivity contribution in [2.45, 2.75) is 63.6 Å². The van der Waals surface area contributed by atoms with E-state index in [1.54, 1.807) is 0 Å². The van der Waals surface area contributed by atoms with Gasteiger partial charge in [0.2, 0.25) is 0 Å². The van der Waals surface area contributed by atoms with Gasteiger partial charge in [-0.05, 0) is 68.8 Å². The number of urea groups is 1.